The van der Waals surface area contributed by atoms with Crippen molar-refractivity contribution in [1.82, 2.24) is 30.0 Å². The van der Waals surface area contributed by atoms with E-state index in [1.54, 1.807) is 11.0 Å². The molecule has 1 N–H and O–H groups in total. The maximum Gasteiger partial charge on any atom is 0.410 e. The number of benzene rings is 2. The van der Waals surface area contributed by atoms with Crippen LogP contribution in [-0.2, 0) is 9.47 Å². The highest BCUT2D eigenvalue weighted by Gasteiger charge is 2.37. The number of hydrogen-bond donors (Lipinski definition) is 1. The Morgan fingerprint density at radius 3 is 2.66 bits per heavy atom. The standard InChI is InChI=1S/C33H40ClFIN7O4/c1-17-8-9-23-26(29(36)40-39-23)24(17)25-22(34)12-21-28(27(25)35)37-31(46-16-20-15-41(7)10-11-45-20)38-30(21)42-13-19(3)43(14-18(42)2)32(44)47-33(4,5)6/h8-9,12,18-20H,10-11,13-16H2,1-7H3,(H,39,40)/t18-,19+,20?/m0/s1. The van der Waals surface area contributed by atoms with Gasteiger partial charge in [-0.05, 0) is 88.9 Å². The maximum atomic E-state index is 17.1. The van der Waals surface area contributed by atoms with Crippen LogP contribution in [0.3, 0.4) is 0 Å². The molecule has 1 amide bonds. The van der Waals surface area contributed by atoms with Crippen molar-refractivity contribution in [3.05, 3.63) is 38.3 Å². The Hall–Kier alpha value is -3.01. The van der Waals surface area contributed by atoms with Crippen LogP contribution >= 0.6 is 34.2 Å². The Bertz CT molecular complexity index is 1830. The average Bonchev–Trinajstić information content (AvgIpc) is 3.37. The number of H-pyrrole nitrogens is 1. The minimum atomic E-state index is -0.619. The molecular weight excluding hydrogens is 740 g/mol. The van der Waals surface area contributed by atoms with Crippen LogP contribution in [0.15, 0.2) is 18.2 Å². The van der Waals surface area contributed by atoms with Crippen molar-refractivity contribution < 1.29 is 23.4 Å². The minimum absolute atomic E-state index is 0.0405. The number of halogens is 3. The third-order valence-corrected chi connectivity index (χ3v) is 9.68. The highest BCUT2D eigenvalue weighted by atomic mass is 127. The summed E-state index contributed by atoms with van der Waals surface area (Å²) in [5.41, 5.74) is 1.93. The van der Waals surface area contributed by atoms with Gasteiger partial charge in [-0.25, -0.2) is 9.18 Å². The van der Waals surface area contributed by atoms with Crippen molar-refractivity contribution >= 4 is 67.9 Å². The molecule has 252 valence electrons. The van der Waals surface area contributed by atoms with E-state index in [1.165, 1.54) is 0 Å². The van der Waals surface area contributed by atoms with Gasteiger partial charge in [-0.2, -0.15) is 15.1 Å². The number of likely N-dealkylation sites (N-methyl/N-ethyl adjacent to an activating group) is 1. The first-order chi connectivity index (χ1) is 22.2. The number of nitrogens with zero attached hydrogens (tertiary/aromatic N) is 6. The Kier molecular flexibility index (Phi) is 9.46. The van der Waals surface area contributed by atoms with Crippen LogP contribution in [0.5, 0.6) is 6.01 Å². The van der Waals surface area contributed by atoms with E-state index in [4.69, 9.17) is 30.8 Å². The molecule has 0 spiro atoms. The van der Waals surface area contributed by atoms with Gasteiger partial charge in [0.2, 0.25) is 0 Å². The van der Waals surface area contributed by atoms with Gasteiger partial charge in [0.05, 0.1) is 17.1 Å². The summed E-state index contributed by atoms with van der Waals surface area (Å²) in [5, 5.41) is 8.85. The second-order valence-electron chi connectivity index (χ2n) is 13.5. The fourth-order valence-corrected chi connectivity index (χ4v) is 7.26. The van der Waals surface area contributed by atoms with Crippen LogP contribution in [0, 0.1) is 16.4 Å². The molecule has 2 aromatic carbocycles. The molecular formula is C33H40ClFIN7O4. The Balaban J connectivity index is 1.46. The number of anilines is 1. The van der Waals surface area contributed by atoms with Gasteiger partial charge in [0, 0.05) is 60.2 Å². The zero-order chi connectivity index (χ0) is 33.8. The molecule has 0 bridgehead atoms. The predicted octanol–water partition coefficient (Wildman–Crippen LogP) is 6.42. The smallest absolute Gasteiger partial charge is 0.410 e. The number of aryl methyl sites for hydroxylation is 1. The number of aromatic nitrogens is 4. The zero-order valence-electron chi connectivity index (χ0n) is 27.7. The Morgan fingerprint density at radius 2 is 1.94 bits per heavy atom. The number of rotatable bonds is 5. The summed E-state index contributed by atoms with van der Waals surface area (Å²) in [6.07, 6.45) is -0.551. The van der Waals surface area contributed by atoms with E-state index in [1.807, 2.05) is 60.7 Å². The van der Waals surface area contributed by atoms with E-state index < -0.39 is 11.4 Å². The molecule has 4 heterocycles. The number of hydrogen-bond acceptors (Lipinski definition) is 9. The first kappa shape index (κ1) is 33.9. The monoisotopic (exact) mass is 779 g/mol. The van der Waals surface area contributed by atoms with Gasteiger partial charge < -0.3 is 28.9 Å². The summed E-state index contributed by atoms with van der Waals surface area (Å²) in [6.45, 7) is 14.6. The second kappa shape index (κ2) is 13.1. The Labute approximate surface area is 292 Å². The number of carbonyl (C=O) groups is 1. The second-order valence-corrected chi connectivity index (χ2v) is 15.0. The number of amides is 1. The van der Waals surface area contributed by atoms with E-state index in [2.05, 4.69) is 47.6 Å². The molecule has 11 nitrogen and oxygen atoms in total. The SMILES string of the molecule is Cc1ccc2n[nH]c(I)c2c1-c1c(Cl)cc2c(N3C[C@@H](C)N(C(=O)OC(C)(C)C)C[C@@H]3C)nc(OCC3CN(C)CCO3)nc2c1F. The van der Waals surface area contributed by atoms with Gasteiger partial charge in [0.15, 0.2) is 5.82 Å². The summed E-state index contributed by atoms with van der Waals surface area (Å²) < 4.78 is 35.6. The fourth-order valence-electron chi connectivity index (χ4n) is 6.30. The summed E-state index contributed by atoms with van der Waals surface area (Å²) >= 11 is 9.15. The molecule has 0 saturated carbocycles. The molecule has 4 aromatic rings. The lowest BCUT2D eigenvalue weighted by molar-refractivity contribution is -0.0416. The predicted molar refractivity (Wildman–Crippen MR) is 189 cm³/mol. The normalized spacial score (nSPS) is 21.1. The minimum Gasteiger partial charge on any atom is -0.461 e. The molecule has 2 aromatic heterocycles. The highest BCUT2D eigenvalue weighted by Crippen LogP contribution is 2.43. The van der Waals surface area contributed by atoms with Crippen molar-refractivity contribution in [1.29, 1.82) is 0 Å². The van der Waals surface area contributed by atoms with Gasteiger partial charge in [0.25, 0.3) is 0 Å². The number of aromatic amines is 1. The van der Waals surface area contributed by atoms with Gasteiger partial charge in [-0.3, -0.25) is 5.10 Å². The number of piperazine rings is 1. The molecule has 1 unspecified atom stereocenters. The molecule has 0 radical (unpaired) electrons. The molecule has 47 heavy (non-hydrogen) atoms. The average molecular weight is 780 g/mol. The molecule has 3 atom stereocenters. The van der Waals surface area contributed by atoms with Crippen LogP contribution < -0.4 is 9.64 Å². The lowest BCUT2D eigenvalue weighted by atomic mass is 9.95. The van der Waals surface area contributed by atoms with Gasteiger partial charge in [-0.1, -0.05) is 17.7 Å². The summed E-state index contributed by atoms with van der Waals surface area (Å²) in [4.78, 5) is 28.5. The number of ether oxygens (including phenoxy) is 3. The lowest BCUT2D eigenvalue weighted by Gasteiger charge is -2.45. The van der Waals surface area contributed by atoms with Crippen molar-refractivity contribution in [3.8, 4) is 17.1 Å². The Morgan fingerprint density at radius 1 is 1.17 bits per heavy atom. The largest absolute Gasteiger partial charge is 0.461 e. The molecule has 2 aliphatic heterocycles. The molecule has 2 fully saturated rings. The van der Waals surface area contributed by atoms with Gasteiger partial charge in [0.1, 0.15) is 33.3 Å². The lowest BCUT2D eigenvalue weighted by Crippen LogP contribution is -2.59. The van der Waals surface area contributed by atoms with Crippen LogP contribution in [0.4, 0.5) is 15.0 Å². The molecule has 6 rings (SSSR count). The van der Waals surface area contributed by atoms with E-state index in [9.17, 15) is 4.79 Å². The zero-order valence-corrected chi connectivity index (χ0v) is 30.6. The number of fused-ring (bicyclic) bond motifs is 2. The quantitative estimate of drug-likeness (QED) is 0.230. The number of nitrogens with one attached hydrogen (secondary N) is 1. The van der Waals surface area contributed by atoms with E-state index >= 15 is 4.39 Å². The van der Waals surface area contributed by atoms with Crippen LogP contribution in [-0.4, -0.2) is 106 Å². The highest BCUT2D eigenvalue weighted by molar-refractivity contribution is 14.1. The summed E-state index contributed by atoms with van der Waals surface area (Å²) in [5.74, 6) is -0.0922. The maximum absolute atomic E-state index is 17.1. The molecule has 2 saturated heterocycles. The first-order valence-electron chi connectivity index (χ1n) is 15.7. The van der Waals surface area contributed by atoms with E-state index in [0.29, 0.717) is 48.5 Å². The third-order valence-electron chi connectivity index (χ3n) is 8.60. The number of morpholine rings is 1. The van der Waals surface area contributed by atoms with Crippen molar-refractivity contribution in [2.45, 2.75) is 65.3 Å². The van der Waals surface area contributed by atoms with Crippen molar-refractivity contribution in [2.75, 3.05) is 51.3 Å². The third kappa shape index (κ3) is 6.81. The van der Waals surface area contributed by atoms with Crippen molar-refractivity contribution in [3.63, 3.8) is 0 Å². The topological polar surface area (TPSA) is 109 Å². The van der Waals surface area contributed by atoms with E-state index in [0.717, 1.165) is 21.2 Å². The van der Waals surface area contributed by atoms with Crippen molar-refractivity contribution in [2.24, 2.45) is 0 Å². The van der Waals surface area contributed by atoms with Gasteiger partial charge >= 0.3 is 12.1 Å². The first-order valence-corrected chi connectivity index (χ1v) is 17.2. The molecule has 0 aliphatic carbocycles. The number of carbonyl (C=O) groups excluding carboxylic acids is 1. The fraction of sp³-hybridized carbons (Fsp3) is 0.515. The van der Waals surface area contributed by atoms with Gasteiger partial charge in [-0.15, -0.1) is 0 Å². The van der Waals surface area contributed by atoms with Crippen LogP contribution in [0.2, 0.25) is 5.02 Å². The van der Waals surface area contributed by atoms with Crippen LogP contribution in [0.25, 0.3) is 32.9 Å². The van der Waals surface area contributed by atoms with E-state index in [-0.39, 0.29) is 53.0 Å². The van der Waals surface area contributed by atoms with Crippen LogP contribution in [0.1, 0.15) is 40.2 Å². The molecule has 2 aliphatic rings. The molecule has 14 heteroatoms. The summed E-state index contributed by atoms with van der Waals surface area (Å²) in [6, 6.07) is 5.17. The summed E-state index contributed by atoms with van der Waals surface area (Å²) in [7, 11) is 2.03.